The van der Waals surface area contributed by atoms with E-state index in [-0.39, 0.29) is 36.0 Å². The molecule has 6 rings (SSSR count). The molecule has 2 heterocycles. The maximum atomic E-state index is 13.2. The molecule has 3 aromatic carbocycles. The van der Waals surface area contributed by atoms with E-state index in [0.29, 0.717) is 39.3 Å². The number of anilines is 1. The lowest BCUT2D eigenvalue weighted by molar-refractivity contribution is -0.122. The van der Waals surface area contributed by atoms with Gasteiger partial charge in [0.05, 0.1) is 34.3 Å². The highest BCUT2D eigenvalue weighted by Crippen LogP contribution is 2.42. The molecule has 0 bridgehead atoms. The summed E-state index contributed by atoms with van der Waals surface area (Å²) < 4.78 is 5.44. The van der Waals surface area contributed by atoms with Crippen molar-refractivity contribution in [3.8, 4) is 11.3 Å². The number of benzene rings is 3. The van der Waals surface area contributed by atoms with Crippen LogP contribution in [0.3, 0.4) is 0 Å². The third-order valence-electron chi connectivity index (χ3n) is 8.25. The maximum Gasteiger partial charge on any atom is 0.339 e. The number of Topliss-reactive ketones (excluding diaryl/α,β-unsaturated/α-hetero) is 1. The van der Waals surface area contributed by atoms with Crippen LogP contribution in [0.2, 0.25) is 0 Å². The van der Waals surface area contributed by atoms with Gasteiger partial charge in [0.2, 0.25) is 11.8 Å². The molecular weight excluding hydrogens is 516 g/mol. The summed E-state index contributed by atoms with van der Waals surface area (Å²) in [6, 6.07) is 23.1. The van der Waals surface area contributed by atoms with Crippen LogP contribution in [0, 0.1) is 24.7 Å². The van der Waals surface area contributed by atoms with Crippen LogP contribution in [0.25, 0.3) is 22.2 Å². The molecule has 2 amide bonds. The molecule has 0 radical (unpaired) electrons. The molecule has 1 saturated heterocycles. The molecule has 1 aliphatic heterocycles. The monoisotopic (exact) mass is 546 g/mol. The minimum Gasteiger partial charge on any atom is -0.454 e. The zero-order valence-electron chi connectivity index (χ0n) is 23.0. The smallest absolute Gasteiger partial charge is 0.339 e. The fourth-order valence-corrected chi connectivity index (χ4v) is 5.95. The molecule has 3 unspecified atom stereocenters. The number of aryl methyl sites for hydroxylation is 1. The van der Waals surface area contributed by atoms with Crippen LogP contribution in [0.1, 0.15) is 52.5 Å². The molecule has 0 N–H and O–H groups in total. The van der Waals surface area contributed by atoms with E-state index in [2.05, 4.69) is 6.92 Å². The number of aromatic nitrogens is 1. The van der Waals surface area contributed by atoms with Gasteiger partial charge >= 0.3 is 5.97 Å². The van der Waals surface area contributed by atoms with Gasteiger partial charge in [0.25, 0.3) is 0 Å². The second-order valence-electron chi connectivity index (χ2n) is 11.1. The number of rotatable bonds is 6. The van der Waals surface area contributed by atoms with E-state index in [0.717, 1.165) is 30.4 Å². The number of imide groups is 1. The Morgan fingerprint density at radius 3 is 2.37 bits per heavy atom. The summed E-state index contributed by atoms with van der Waals surface area (Å²) in [7, 11) is 0. The van der Waals surface area contributed by atoms with Crippen molar-refractivity contribution in [1.82, 2.24) is 4.98 Å². The normalized spacial score (nSPS) is 20.2. The third-order valence-corrected chi connectivity index (χ3v) is 8.25. The van der Waals surface area contributed by atoms with Crippen molar-refractivity contribution in [3.63, 3.8) is 0 Å². The van der Waals surface area contributed by atoms with Crippen molar-refractivity contribution in [2.24, 2.45) is 17.8 Å². The lowest BCUT2D eigenvalue weighted by atomic mass is 9.76. The van der Waals surface area contributed by atoms with Gasteiger partial charge in [-0.1, -0.05) is 67.1 Å². The van der Waals surface area contributed by atoms with E-state index in [4.69, 9.17) is 9.72 Å². The van der Waals surface area contributed by atoms with E-state index < -0.39 is 5.97 Å². The topological polar surface area (TPSA) is 93.6 Å². The molecule has 1 saturated carbocycles. The van der Waals surface area contributed by atoms with E-state index in [1.165, 1.54) is 4.90 Å². The van der Waals surface area contributed by atoms with Crippen LogP contribution >= 0.6 is 0 Å². The van der Waals surface area contributed by atoms with Crippen molar-refractivity contribution in [3.05, 3.63) is 95.6 Å². The lowest BCUT2D eigenvalue weighted by Crippen LogP contribution is -2.30. The summed E-state index contributed by atoms with van der Waals surface area (Å²) in [5.41, 5.74) is 4.22. The Morgan fingerprint density at radius 2 is 1.61 bits per heavy atom. The summed E-state index contributed by atoms with van der Waals surface area (Å²) in [5.74, 6) is -1.16. The quantitative estimate of drug-likeness (QED) is 0.163. The van der Waals surface area contributed by atoms with E-state index in [1.807, 2.05) is 37.3 Å². The Morgan fingerprint density at radius 1 is 0.902 bits per heavy atom. The van der Waals surface area contributed by atoms with Gasteiger partial charge in [-0.25, -0.2) is 9.78 Å². The molecule has 3 atom stereocenters. The Bertz CT molecular complexity index is 1680. The first-order valence-corrected chi connectivity index (χ1v) is 13.9. The standard InChI is InChI=1S/C34H30N2O5/c1-20-7-10-23(11-8-20)31(37)19-41-34(40)28-18-30(35-29-6-4-3-5-25(28)29)22-12-14-24(15-13-22)36-32(38)26-16-9-21(2)17-27(26)33(36)39/h3-8,10-15,18,21,26-27H,9,16-17,19H2,1-2H3. The predicted molar refractivity (Wildman–Crippen MR) is 155 cm³/mol. The molecule has 4 aromatic rings. The third kappa shape index (κ3) is 5.04. The summed E-state index contributed by atoms with van der Waals surface area (Å²) >= 11 is 0. The number of nitrogens with zero attached hydrogens (tertiary/aromatic N) is 2. The predicted octanol–water partition coefficient (Wildman–Crippen LogP) is 6.18. The van der Waals surface area contributed by atoms with Crippen molar-refractivity contribution >= 4 is 40.2 Å². The number of hydrogen-bond donors (Lipinski definition) is 0. The molecular formula is C34H30N2O5. The van der Waals surface area contributed by atoms with E-state index >= 15 is 0 Å². The van der Waals surface area contributed by atoms with Crippen LogP contribution in [-0.4, -0.2) is 35.2 Å². The summed E-state index contributed by atoms with van der Waals surface area (Å²) in [6.45, 7) is 3.70. The highest BCUT2D eigenvalue weighted by atomic mass is 16.5. The molecule has 206 valence electrons. The number of carbonyl (C=O) groups is 4. The van der Waals surface area contributed by atoms with Crippen LogP contribution < -0.4 is 4.90 Å². The van der Waals surface area contributed by atoms with Gasteiger partial charge in [-0.2, -0.15) is 0 Å². The number of carbonyl (C=O) groups excluding carboxylic acids is 4. The summed E-state index contributed by atoms with van der Waals surface area (Å²) in [5, 5.41) is 0.616. The number of fused-ring (bicyclic) bond motifs is 2. The van der Waals surface area contributed by atoms with Crippen LogP contribution in [-0.2, 0) is 14.3 Å². The first-order valence-electron chi connectivity index (χ1n) is 13.9. The summed E-state index contributed by atoms with van der Waals surface area (Å²) in [6.07, 6.45) is 2.47. The number of amides is 2. The van der Waals surface area contributed by atoms with E-state index in [1.54, 1.807) is 48.5 Å². The molecule has 2 fully saturated rings. The van der Waals surface area contributed by atoms with Gasteiger partial charge in [-0.05, 0) is 56.4 Å². The number of para-hydroxylation sites is 1. The molecule has 2 aliphatic rings. The molecule has 41 heavy (non-hydrogen) atoms. The minimum atomic E-state index is -0.618. The summed E-state index contributed by atoms with van der Waals surface area (Å²) in [4.78, 5) is 58.1. The molecule has 7 nitrogen and oxygen atoms in total. The average Bonchev–Trinajstić information content (AvgIpc) is 3.24. The van der Waals surface area contributed by atoms with Crippen molar-refractivity contribution in [2.45, 2.75) is 33.1 Å². The minimum absolute atomic E-state index is 0.117. The lowest BCUT2D eigenvalue weighted by Gasteiger charge is -2.25. The largest absolute Gasteiger partial charge is 0.454 e. The Labute approximate surface area is 238 Å². The second kappa shape index (κ2) is 10.7. The van der Waals surface area contributed by atoms with Gasteiger partial charge < -0.3 is 4.74 Å². The van der Waals surface area contributed by atoms with Gasteiger partial charge in [0.1, 0.15) is 0 Å². The maximum absolute atomic E-state index is 13.2. The fraction of sp³-hybridized carbons (Fsp3) is 0.265. The highest BCUT2D eigenvalue weighted by Gasteiger charge is 2.49. The van der Waals surface area contributed by atoms with Crippen LogP contribution in [0.15, 0.2) is 78.9 Å². The highest BCUT2D eigenvalue weighted by molar-refractivity contribution is 6.22. The number of esters is 1. The molecule has 0 spiro atoms. The number of hydrogen-bond acceptors (Lipinski definition) is 6. The Balaban J connectivity index is 1.25. The van der Waals surface area contributed by atoms with Crippen molar-refractivity contribution in [1.29, 1.82) is 0 Å². The zero-order chi connectivity index (χ0) is 28.7. The SMILES string of the molecule is Cc1ccc(C(=O)COC(=O)c2cc(-c3ccc(N4C(=O)C5CCC(C)CC5C4=O)cc3)nc3ccccc23)cc1. The first kappa shape index (κ1) is 26.6. The second-order valence-corrected chi connectivity index (χ2v) is 11.1. The molecule has 1 aliphatic carbocycles. The number of ketones is 1. The Kier molecular flexibility index (Phi) is 6.95. The van der Waals surface area contributed by atoms with Gasteiger partial charge in [0.15, 0.2) is 12.4 Å². The van der Waals surface area contributed by atoms with Gasteiger partial charge in [-0.3, -0.25) is 19.3 Å². The van der Waals surface area contributed by atoms with Crippen molar-refractivity contribution in [2.75, 3.05) is 11.5 Å². The molecule has 7 heteroatoms. The average molecular weight is 547 g/mol. The Hall–Kier alpha value is -4.65. The van der Waals surface area contributed by atoms with Crippen LogP contribution in [0.4, 0.5) is 5.69 Å². The number of pyridine rings is 1. The van der Waals surface area contributed by atoms with E-state index in [9.17, 15) is 19.2 Å². The van der Waals surface area contributed by atoms with Crippen molar-refractivity contribution < 1.29 is 23.9 Å². The fourth-order valence-electron chi connectivity index (χ4n) is 5.95. The van der Waals surface area contributed by atoms with Gasteiger partial charge in [-0.15, -0.1) is 0 Å². The number of ether oxygens (including phenoxy) is 1. The first-order chi connectivity index (χ1) is 19.8. The van der Waals surface area contributed by atoms with Gasteiger partial charge in [0, 0.05) is 16.5 Å². The zero-order valence-corrected chi connectivity index (χ0v) is 23.0. The molecule has 1 aromatic heterocycles. The van der Waals surface area contributed by atoms with Crippen LogP contribution in [0.5, 0.6) is 0 Å².